The molecule has 1 fully saturated rings. The molecule has 3 heterocycles. The van der Waals surface area contributed by atoms with Gasteiger partial charge in [0.2, 0.25) is 0 Å². The number of likely N-dealkylation sites (N-methyl/N-ethyl adjacent to an activating group) is 1. The first-order valence-corrected chi connectivity index (χ1v) is 11.2. The number of likely N-dealkylation sites (tertiary alicyclic amines) is 1. The van der Waals surface area contributed by atoms with Crippen molar-refractivity contribution in [3.8, 4) is 11.1 Å². The summed E-state index contributed by atoms with van der Waals surface area (Å²) < 4.78 is 42.0. The standard InChI is InChI=1S/C26H26F3N3O/c1-30-17-18-32-22(11-12-23(32)26(27,28)29)25(30)13-15-31(16-14-25)24(33)21-10-6-5-9-20(21)19-7-3-2-4-8-19/h2-12H,13-18H2,1H3. The average molecular weight is 454 g/mol. The summed E-state index contributed by atoms with van der Waals surface area (Å²) in [4.78, 5) is 17.5. The Hall–Kier alpha value is -3.06. The molecule has 7 heteroatoms. The maximum Gasteiger partial charge on any atom is 0.431 e. The van der Waals surface area contributed by atoms with Gasteiger partial charge in [-0.15, -0.1) is 0 Å². The minimum atomic E-state index is -4.37. The Kier molecular flexibility index (Phi) is 5.32. The zero-order valence-electron chi connectivity index (χ0n) is 18.5. The lowest BCUT2D eigenvalue weighted by Gasteiger charge is -2.50. The van der Waals surface area contributed by atoms with Gasteiger partial charge in [0, 0.05) is 37.4 Å². The second kappa shape index (κ2) is 8.06. The van der Waals surface area contributed by atoms with Crippen LogP contribution in [0, 0.1) is 0 Å². The Morgan fingerprint density at radius 2 is 1.52 bits per heavy atom. The first kappa shape index (κ1) is 21.8. The minimum Gasteiger partial charge on any atom is -0.338 e. The van der Waals surface area contributed by atoms with E-state index < -0.39 is 17.4 Å². The van der Waals surface area contributed by atoms with Crippen molar-refractivity contribution in [3.05, 3.63) is 83.7 Å². The number of carbonyl (C=O) groups is 1. The highest BCUT2D eigenvalue weighted by Gasteiger charge is 2.47. The van der Waals surface area contributed by atoms with Crippen LogP contribution in [0.1, 0.15) is 34.6 Å². The number of benzene rings is 2. The maximum atomic E-state index is 13.5. The largest absolute Gasteiger partial charge is 0.431 e. The molecule has 2 aliphatic rings. The highest BCUT2D eigenvalue weighted by Crippen LogP contribution is 2.44. The Morgan fingerprint density at radius 3 is 2.21 bits per heavy atom. The van der Waals surface area contributed by atoms with E-state index in [1.54, 1.807) is 6.07 Å². The van der Waals surface area contributed by atoms with Crippen LogP contribution in [0.15, 0.2) is 66.7 Å². The van der Waals surface area contributed by atoms with E-state index in [4.69, 9.17) is 0 Å². The third-order valence-corrected chi connectivity index (χ3v) is 7.26. The molecular formula is C26H26F3N3O. The van der Waals surface area contributed by atoms with E-state index in [1.165, 1.54) is 10.6 Å². The molecule has 0 aliphatic carbocycles. The third-order valence-electron chi connectivity index (χ3n) is 7.26. The number of alkyl halides is 3. The smallest absolute Gasteiger partial charge is 0.338 e. The van der Waals surface area contributed by atoms with Gasteiger partial charge in [-0.25, -0.2) is 0 Å². The first-order chi connectivity index (χ1) is 15.8. The highest BCUT2D eigenvalue weighted by molar-refractivity contribution is 6.01. The highest BCUT2D eigenvalue weighted by atomic mass is 19.4. The average Bonchev–Trinajstić information content (AvgIpc) is 3.28. The summed E-state index contributed by atoms with van der Waals surface area (Å²) >= 11 is 0. The normalized spacial score (nSPS) is 18.4. The summed E-state index contributed by atoms with van der Waals surface area (Å²) in [6, 6.07) is 20.2. The first-order valence-electron chi connectivity index (χ1n) is 11.2. The number of halogens is 3. The van der Waals surface area contributed by atoms with Crippen LogP contribution < -0.4 is 0 Å². The molecule has 1 aromatic heterocycles. The Morgan fingerprint density at radius 1 is 0.848 bits per heavy atom. The molecule has 1 saturated heterocycles. The van der Waals surface area contributed by atoms with Gasteiger partial charge >= 0.3 is 6.18 Å². The second-order valence-corrected chi connectivity index (χ2v) is 8.91. The quantitative estimate of drug-likeness (QED) is 0.530. The maximum absolute atomic E-state index is 13.5. The number of piperidine rings is 1. The molecule has 0 unspecified atom stereocenters. The number of hydrogen-bond acceptors (Lipinski definition) is 2. The SMILES string of the molecule is CN1CCn2c(C(F)(F)F)ccc2C12CCN(C(=O)c1ccccc1-c1ccccc1)CC2. The molecular weight excluding hydrogens is 427 g/mol. The zero-order valence-corrected chi connectivity index (χ0v) is 18.5. The number of hydrogen-bond donors (Lipinski definition) is 0. The van der Waals surface area contributed by atoms with Crippen LogP contribution in [0.5, 0.6) is 0 Å². The van der Waals surface area contributed by atoms with Crippen LogP contribution in [0.25, 0.3) is 11.1 Å². The predicted molar refractivity (Wildman–Crippen MR) is 121 cm³/mol. The van der Waals surface area contributed by atoms with Crippen molar-refractivity contribution < 1.29 is 18.0 Å². The fourth-order valence-corrected chi connectivity index (χ4v) is 5.45. The van der Waals surface area contributed by atoms with Crippen molar-refractivity contribution in [2.45, 2.75) is 31.1 Å². The molecule has 2 aliphatic heterocycles. The van der Waals surface area contributed by atoms with E-state index in [0.717, 1.165) is 11.1 Å². The van der Waals surface area contributed by atoms with E-state index >= 15 is 0 Å². The molecule has 0 atom stereocenters. The van der Waals surface area contributed by atoms with Crippen LogP contribution >= 0.6 is 0 Å². The summed E-state index contributed by atoms with van der Waals surface area (Å²) in [6.07, 6.45) is -3.17. The van der Waals surface area contributed by atoms with E-state index in [-0.39, 0.29) is 5.91 Å². The van der Waals surface area contributed by atoms with Crippen molar-refractivity contribution >= 4 is 5.91 Å². The second-order valence-electron chi connectivity index (χ2n) is 8.91. The number of carbonyl (C=O) groups excluding carboxylic acids is 1. The van der Waals surface area contributed by atoms with Gasteiger partial charge in [-0.2, -0.15) is 13.2 Å². The lowest BCUT2D eigenvalue weighted by molar-refractivity contribution is -0.144. The molecule has 1 spiro atoms. The Bertz CT molecular complexity index is 1160. The zero-order chi connectivity index (χ0) is 23.2. The van der Waals surface area contributed by atoms with Crippen molar-refractivity contribution in [1.82, 2.24) is 14.4 Å². The molecule has 0 bridgehead atoms. The molecule has 0 N–H and O–H groups in total. The predicted octanol–water partition coefficient (Wildman–Crippen LogP) is 5.25. The lowest BCUT2D eigenvalue weighted by Crippen LogP contribution is -2.56. The fraction of sp³-hybridized carbons (Fsp3) is 0.346. The number of rotatable bonds is 2. The van der Waals surface area contributed by atoms with Gasteiger partial charge in [0.05, 0.1) is 5.54 Å². The molecule has 3 aromatic rings. The summed E-state index contributed by atoms with van der Waals surface area (Å²) in [5, 5.41) is 0. The van der Waals surface area contributed by atoms with Crippen LogP contribution in [-0.4, -0.2) is 47.0 Å². The number of aromatic nitrogens is 1. The van der Waals surface area contributed by atoms with E-state index in [2.05, 4.69) is 4.90 Å². The lowest BCUT2D eigenvalue weighted by atomic mass is 9.81. The summed E-state index contributed by atoms with van der Waals surface area (Å²) in [5.74, 6) is -0.0332. The van der Waals surface area contributed by atoms with Crippen LogP contribution in [-0.2, 0) is 18.3 Å². The molecule has 2 aromatic carbocycles. The fourth-order valence-electron chi connectivity index (χ4n) is 5.45. The molecule has 0 radical (unpaired) electrons. The van der Waals surface area contributed by atoms with Gasteiger partial charge in [0.1, 0.15) is 5.69 Å². The van der Waals surface area contributed by atoms with E-state index in [9.17, 15) is 18.0 Å². The molecule has 33 heavy (non-hydrogen) atoms. The van der Waals surface area contributed by atoms with Gasteiger partial charge in [-0.05, 0) is 49.2 Å². The van der Waals surface area contributed by atoms with Gasteiger partial charge < -0.3 is 9.47 Å². The molecule has 172 valence electrons. The van der Waals surface area contributed by atoms with Crippen molar-refractivity contribution in [2.75, 3.05) is 26.7 Å². The van der Waals surface area contributed by atoms with Gasteiger partial charge in [0.25, 0.3) is 5.91 Å². The van der Waals surface area contributed by atoms with E-state index in [1.807, 2.05) is 66.5 Å². The van der Waals surface area contributed by atoms with E-state index in [0.29, 0.717) is 50.3 Å². The topological polar surface area (TPSA) is 28.5 Å². The van der Waals surface area contributed by atoms with Crippen LogP contribution in [0.2, 0.25) is 0 Å². The van der Waals surface area contributed by atoms with Gasteiger partial charge in [-0.3, -0.25) is 9.69 Å². The monoisotopic (exact) mass is 453 g/mol. The summed E-state index contributed by atoms with van der Waals surface area (Å²) in [6.45, 7) is 1.87. The van der Waals surface area contributed by atoms with Gasteiger partial charge in [0.15, 0.2) is 0 Å². The van der Waals surface area contributed by atoms with Crippen LogP contribution in [0.3, 0.4) is 0 Å². The van der Waals surface area contributed by atoms with Crippen molar-refractivity contribution in [2.24, 2.45) is 0 Å². The minimum absolute atomic E-state index is 0.0332. The summed E-state index contributed by atoms with van der Waals surface area (Å²) in [7, 11) is 1.98. The Balaban J connectivity index is 1.41. The number of amides is 1. The third kappa shape index (κ3) is 3.64. The van der Waals surface area contributed by atoms with Crippen LogP contribution in [0.4, 0.5) is 13.2 Å². The Labute approximate surface area is 191 Å². The molecule has 4 nitrogen and oxygen atoms in total. The number of fused-ring (bicyclic) bond motifs is 2. The van der Waals surface area contributed by atoms with Crippen molar-refractivity contribution in [3.63, 3.8) is 0 Å². The van der Waals surface area contributed by atoms with Gasteiger partial charge in [-0.1, -0.05) is 48.5 Å². The van der Waals surface area contributed by atoms with Crippen molar-refractivity contribution in [1.29, 1.82) is 0 Å². The number of nitrogens with zero attached hydrogens (tertiary/aromatic N) is 3. The summed E-state index contributed by atoms with van der Waals surface area (Å²) in [5.41, 5.74) is 2.17. The molecule has 0 saturated carbocycles. The molecule has 5 rings (SSSR count). The molecule has 1 amide bonds.